The Kier molecular flexibility index (Phi) is 11.8. The Morgan fingerprint density at radius 3 is 2.33 bits per heavy atom. The van der Waals surface area contributed by atoms with E-state index < -0.39 is 0 Å². The molecule has 2 amide bonds. The summed E-state index contributed by atoms with van der Waals surface area (Å²) < 4.78 is 0. The summed E-state index contributed by atoms with van der Waals surface area (Å²) in [5.41, 5.74) is 0.816. The molecule has 1 fully saturated rings. The van der Waals surface area contributed by atoms with Gasteiger partial charge in [0, 0.05) is 33.7 Å². The minimum absolute atomic E-state index is 0. The van der Waals surface area contributed by atoms with Gasteiger partial charge in [-0.2, -0.15) is 0 Å². The molecule has 1 saturated carbocycles. The smallest absolute Gasteiger partial charge is 0.241 e. The summed E-state index contributed by atoms with van der Waals surface area (Å²) in [6.07, 6.45) is 4.70. The van der Waals surface area contributed by atoms with Gasteiger partial charge in [0.15, 0.2) is 5.96 Å². The molecule has 0 radical (unpaired) electrons. The van der Waals surface area contributed by atoms with Gasteiger partial charge in [-0.25, -0.2) is 4.99 Å². The van der Waals surface area contributed by atoms with Gasteiger partial charge in [0.1, 0.15) is 6.54 Å². The van der Waals surface area contributed by atoms with Crippen LogP contribution in [0.15, 0.2) is 35.3 Å². The van der Waals surface area contributed by atoms with Crippen molar-refractivity contribution < 1.29 is 9.59 Å². The molecular formula is C22H36IN5O2. The van der Waals surface area contributed by atoms with E-state index in [0.717, 1.165) is 32.1 Å². The molecular weight excluding hydrogens is 493 g/mol. The maximum atomic E-state index is 12.7. The summed E-state index contributed by atoms with van der Waals surface area (Å²) in [6.45, 7) is 3.84. The van der Waals surface area contributed by atoms with E-state index in [1.165, 1.54) is 5.56 Å². The summed E-state index contributed by atoms with van der Waals surface area (Å²) >= 11 is 0. The minimum Gasteiger partial charge on any atom is -0.357 e. The maximum Gasteiger partial charge on any atom is 0.241 e. The Morgan fingerprint density at radius 2 is 1.73 bits per heavy atom. The molecule has 3 N–H and O–H groups in total. The van der Waals surface area contributed by atoms with Crippen LogP contribution in [0.25, 0.3) is 0 Å². The first-order chi connectivity index (χ1) is 14.0. The molecule has 0 aliphatic heterocycles. The Bertz CT molecular complexity index is 688. The van der Waals surface area contributed by atoms with E-state index in [-0.39, 0.29) is 47.8 Å². The highest BCUT2D eigenvalue weighted by molar-refractivity contribution is 14.0. The molecule has 0 saturated heterocycles. The van der Waals surface area contributed by atoms with Crippen LogP contribution < -0.4 is 16.0 Å². The predicted molar refractivity (Wildman–Crippen MR) is 132 cm³/mol. The Morgan fingerprint density at radius 1 is 1.07 bits per heavy atom. The number of halogens is 1. The number of hydrogen-bond acceptors (Lipinski definition) is 3. The monoisotopic (exact) mass is 529 g/mol. The third-order valence-corrected chi connectivity index (χ3v) is 5.32. The van der Waals surface area contributed by atoms with Crippen molar-refractivity contribution in [1.29, 1.82) is 0 Å². The number of nitrogens with zero attached hydrogens (tertiary/aromatic N) is 2. The normalized spacial score (nSPS) is 15.1. The molecule has 168 valence electrons. The lowest BCUT2D eigenvalue weighted by Gasteiger charge is -2.31. The molecule has 8 heteroatoms. The minimum atomic E-state index is -0.377. The predicted octanol–water partition coefficient (Wildman–Crippen LogP) is 2.17. The van der Waals surface area contributed by atoms with E-state index >= 15 is 0 Å². The fourth-order valence-corrected chi connectivity index (χ4v) is 3.78. The van der Waals surface area contributed by atoms with Crippen molar-refractivity contribution in [3.63, 3.8) is 0 Å². The number of aliphatic imine (C=N–C) groups is 1. The molecule has 1 aliphatic rings. The summed E-state index contributed by atoms with van der Waals surface area (Å²) in [4.78, 5) is 30.9. The highest BCUT2D eigenvalue weighted by atomic mass is 127. The molecule has 0 unspecified atom stereocenters. The van der Waals surface area contributed by atoms with E-state index in [1.54, 1.807) is 4.90 Å². The van der Waals surface area contributed by atoms with Crippen molar-refractivity contribution in [3.05, 3.63) is 35.9 Å². The summed E-state index contributed by atoms with van der Waals surface area (Å²) in [7, 11) is 3.61. The molecule has 2 rings (SSSR count). The second-order valence-corrected chi connectivity index (χ2v) is 7.82. The number of rotatable bonds is 9. The molecule has 0 spiro atoms. The van der Waals surface area contributed by atoms with Gasteiger partial charge < -0.3 is 20.9 Å². The van der Waals surface area contributed by atoms with E-state index in [0.29, 0.717) is 25.6 Å². The van der Waals surface area contributed by atoms with Crippen LogP contribution in [0, 0.1) is 5.41 Å². The number of benzene rings is 1. The third-order valence-electron chi connectivity index (χ3n) is 5.32. The van der Waals surface area contributed by atoms with Crippen molar-refractivity contribution in [2.45, 2.75) is 39.0 Å². The second-order valence-electron chi connectivity index (χ2n) is 7.82. The quantitative estimate of drug-likeness (QED) is 0.260. The van der Waals surface area contributed by atoms with Gasteiger partial charge >= 0.3 is 0 Å². The number of guanidine groups is 1. The van der Waals surface area contributed by atoms with E-state index in [1.807, 2.05) is 51.4 Å². The lowest BCUT2D eigenvalue weighted by Crippen LogP contribution is -2.49. The third kappa shape index (κ3) is 8.12. The molecule has 1 aromatic carbocycles. The summed E-state index contributed by atoms with van der Waals surface area (Å²) in [5.74, 6) is 0.624. The van der Waals surface area contributed by atoms with Crippen LogP contribution in [0.1, 0.15) is 38.2 Å². The van der Waals surface area contributed by atoms with Gasteiger partial charge in [0.05, 0.1) is 5.41 Å². The average Bonchev–Trinajstić information content (AvgIpc) is 3.20. The topological polar surface area (TPSA) is 85.8 Å². The molecule has 0 atom stereocenters. The lowest BCUT2D eigenvalue weighted by atomic mass is 9.84. The van der Waals surface area contributed by atoms with Gasteiger partial charge in [0.2, 0.25) is 11.8 Å². The zero-order valence-corrected chi connectivity index (χ0v) is 20.7. The highest BCUT2D eigenvalue weighted by Crippen LogP contribution is 2.38. The molecule has 0 bridgehead atoms. The van der Waals surface area contributed by atoms with Crippen LogP contribution in [0.3, 0.4) is 0 Å². The van der Waals surface area contributed by atoms with Crippen molar-refractivity contribution in [2.75, 3.05) is 40.3 Å². The number of carbonyl (C=O) groups is 2. The van der Waals surface area contributed by atoms with Crippen molar-refractivity contribution in [3.8, 4) is 0 Å². The molecule has 30 heavy (non-hydrogen) atoms. The first-order valence-electron chi connectivity index (χ1n) is 10.5. The van der Waals surface area contributed by atoms with Crippen molar-refractivity contribution in [2.24, 2.45) is 10.4 Å². The number of carbonyl (C=O) groups excluding carboxylic acids is 2. The van der Waals surface area contributed by atoms with E-state index in [4.69, 9.17) is 0 Å². The Balaban J connectivity index is 0.00000450. The van der Waals surface area contributed by atoms with E-state index in [2.05, 4.69) is 20.9 Å². The van der Waals surface area contributed by atoms with Crippen LogP contribution in [0.2, 0.25) is 0 Å². The standard InChI is InChI=1S/C22H35N5O2.HI/c1-4-23-21(26-17-22(13-8-9-14-22)20(29)27(2)3)25-16-19(28)24-15-12-18-10-6-5-7-11-18;/h5-7,10-11H,4,8-9,12-17H2,1-3H3,(H,24,28)(H2,23,25,26);1H. The van der Waals surface area contributed by atoms with Crippen molar-refractivity contribution in [1.82, 2.24) is 20.9 Å². The second kappa shape index (κ2) is 13.5. The van der Waals surface area contributed by atoms with Crippen LogP contribution in [-0.4, -0.2) is 62.9 Å². The molecule has 1 aromatic rings. The largest absolute Gasteiger partial charge is 0.357 e. The molecule has 0 aromatic heterocycles. The Labute approximate surface area is 197 Å². The summed E-state index contributed by atoms with van der Waals surface area (Å²) in [6, 6.07) is 10.1. The van der Waals surface area contributed by atoms with Gasteiger partial charge in [-0.05, 0) is 31.7 Å². The summed E-state index contributed by atoms with van der Waals surface area (Å²) in [5, 5.41) is 9.36. The molecule has 0 heterocycles. The van der Waals surface area contributed by atoms with Gasteiger partial charge in [0.25, 0.3) is 0 Å². The fraction of sp³-hybridized carbons (Fsp3) is 0.591. The zero-order valence-electron chi connectivity index (χ0n) is 18.4. The Hall–Kier alpha value is -1.84. The average molecular weight is 529 g/mol. The van der Waals surface area contributed by atoms with Crippen molar-refractivity contribution >= 4 is 41.8 Å². The lowest BCUT2D eigenvalue weighted by molar-refractivity contribution is -0.138. The number of nitrogens with one attached hydrogen (secondary N) is 3. The SMILES string of the molecule is CCNC(=NCC(=O)NCCc1ccccc1)NCC1(C(=O)N(C)C)CCCC1.I. The fourth-order valence-electron chi connectivity index (χ4n) is 3.78. The van der Waals surface area contributed by atoms with Crippen LogP contribution in [-0.2, 0) is 16.0 Å². The van der Waals surface area contributed by atoms with Gasteiger partial charge in [-0.1, -0.05) is 43.2 Å². The van der Waals surface area contributed by atoms with Gasteiger partial charge in [-0.15, -0.1) is 24.0 Å². The van der Waals surface area contributed by atoms with E-state index in [9.17, 15) is 9.59 Å². The van der Waals surface area contributed by atoms with Crippen LogP contribution in [0.5, 0.6) is 0 Å². The zero-order chi connectivity index (χ0) is 21.1. The molecule has 1 aliphatic carbocycles. The van der Waals surface area contributed by atoms with Crippen LogP contribution >= 0.6 is 24.0 Å². The first kappa shape index (κ1) is 26.2. The highest BCUT2D eigenvalue weighted by Gasteiger charge is 2.42. The molecule has 7 nitrogen and oxygen atoms in total. The maximum absolute atomic E-state index is 12.7. The first-order valence-corrected chi connectivity index (χ1v) is 10.5. The van der Waals surface area contributed by atoms with Crippen LogP contribution in [0.4, 0.5) is 0 Å². The van der Waals surface area contributed by atoms with Gasteiger partial charge in [-0.3, -0.25) is 9.59 Å². The number of hydrogen-bond donors (Lipinski definition) is 3. The number of amides is 2.